The monoisotopic (exact) mass is 350 g/mol. The highest BCUT2D eigenvalue weighted by Crippen LogP contribution is 2.42. The molecule has 0 radical (unpaired) electrons. The average Bonchev–Trinajstić information content (AvgIpc) is 2.60. The van der Waals surface area contributed by atoms with Crippen molar-refractivity contribution in [3.05, 3.63) is 33.0 Å². The number of aliphatic hydroxyl groups is 1. The third kappa shape index (κ3) is 2.68. The normalized spacial score (nSPS) is 32.6. The van der Waals surface area contributed by atoms with Crippen LogP contribution in [0.15, 0.2) is 16.6 Å². The summed E-state index contributed by atoms with van der Waals surface area (Å²) in [5, 5.41) is 10.5. The zero-order valence-corrected chi connectivity index (χ0v) is 13.4. The first-order chi connectivity index (χ1) is 8.84. The Morgan fingerprint density at radius 1 is 1.32 bits per heavy atom. The van der Waals surface area contributed by atoms with E-state index in [1.165, 1.54) is 0 Å². The fourth-order valence-corrected chi connectivity index (χ4v) is 3.29. The summed E-state index contributed by atoms with van der Waals surface area (Å²) in [6, 6.07) is 3.22. The number of hydrogen-bond acceptors (Lipinski definition) is 2. The highest BCUT2D eigenvalue weighted by atomic mass is 79.9. The van der Waals surface area contributed by atoms with Crippen LogP contribution in [0.3, 0.4) is 0 Å². The topological polar surface area (TPSA) is 29.5 Å². The number of hydrogen-bond donors (Lipinski definition) is 1. The second-order valence-electron chi connectivity index (χ2n) is 5.19. The van der Waals surface area contributed by atoms with E-state index in [9.17, 15) is 9.50 Å². The maximum absolute atomic E-state index is 14.2. The summed E-state index contributed by atoms with van der Waals surface area (Å²) in [4.78, 5) is 0. The van der Waals surface area contributed by atoms with Crippen molar-refractivity contribution < 1.29 is 14.2 Å². The first-order valence-electron chi connectivity index (χ1n) is 6.31. The second-order valence-corrected chi connectivity index (χ2v) is 6.42. The van der Waals surface area contributed by atoms with Gasteiger partial charge in [-0.05, 0) is 41.8 Å². The molecule has 106 valence electrons. The molecule has 1 aromatic rings. The molecule has 0 amide bonds. The minimum absolute atomic E-state index is 0.00354. The molecule has 19 heavy (non-hydrogen) atoms. The zero-order chi connectivity index (χ0) is 14.3. The largest absolute Gasteiger partial charge is 0.388 e. The van der Waals surface area contributed by atoms with Crippen LogP contribution in [0.25, 0.3) is 0 Å². The van der Waals surface area contributed by atoms with Crippen LogP contribution in [-0.2, 0) is 4.74 Å². The smallest absolute Gasteiger partial charge is 0.148 e. The Morgan fingerprint density at radius 3 is 2.47 bits per heavy atom. The van der Waals surface area contributed by atoms with Crippen molar-refractivity contribution in [2.24, 2.45) is 11.8 Å². The molecular formula is C14H17BrClFO2. The number of rotatable bonds is 2. The molecule has 1 N–H and O–H groups in total. The summed E-state index contributed by atoms with van der Waals surface area (Å²) in [7, 11) is 0. The van der Waals surface area contributed by atoms with Crippen LogP contribution in [0.2, 0.25) is 5.02 Å². The first-order valence-corrected chi connectivity index (χ1v) is 7.48. The van der Waals surface area contributed by atoms with Crippen LogP contribution < -0.4 is 0 Å². The van der Waals surface area contributed by atoms with Gasteiger partial charge in [0.25, 0.3) is 0 Å². The predicted octanol–water partition coefficient (Wildman–Crippen LogP) is 4.33. The lowest BCUT2D eigenvalue weighted by Gasteiger charge is -2.25. The molecule has 5 unspecified atom stereocenters. The molecule has 1 aromatic carbocycles. The SMILES string of the molecule is CC1OC(C)C(C(O)c2ccc(Br)c(Cl)c2F)C1C. The molecule has 5 atom stereocenters. The third-order valence-electron chi connectivity index (χ3n) is 4.07. The van der Waals surface area contributed by atoms with Crippen LogP contribution in [0, 0.1) is 17.7 Å². The maximum Gasteiger partial charge on any atom is 0.148 e. The second kappa shape index (κ2) is 5.68. The van der Waals surface area contributed by atoms with Gasteiger partial charge >= 0.3 is 0 Å². The molecule has 0 saturated carbocycles. The third-order valence-corrected chi connectivity index (χ3v) is 5.33. The van der Waals surface area contributed by atoms with Gasteiger partial charge in [0, 0.05) is 16.0 Å². The number of aliphatic hydroxyl groups excluding tert-OH is 1. The van der Waals surface area contributed by atoms with E-state index < -0.39 is 11.9 Å². The molecule has 2 nitrogen and oxygen atoms in total. The highest BCUT2D eigenvalue weighted by molar-refractivity contribution is 9.10. The van der Waals surface area contributed by atoms with Crippen molar-refractivity contribution in [2.45, 2.75) is 39.1 Å². The highest BCUT2D eigenvalue weighted by Gasteiger charge is 2.42. The van der Waals surface area contributed by atoms with Gasteiger partial charge in [-0.25, -0.2) is 4.39 Å². The Hall–Kier alpha value is -0.160. The van der Waals surface area contributed by atoms with Gasteiger partial charge in [-0.3, -0.25) is 0 Å². The van der Waals surface area contributed by atoms with Crippen molar-refractivity contribution >= 4 is 27.5 Å². The lowest BCUT2D eigenvalue weighted by Crippen LogP contribution is -2.25. The molecule has 1 saturated heterocycles. The number of ether oxygens (including phenoxy) is 1. The quantitative estimate of drug-likeness (QED) is 0.803. The number of benzene rings is 1. The van der Waals surface area contributed by atoms with Crippen molar-refractivity contribution in [1.29, 1.82) is 0 Å². The Balaban J connectivity index is 2.35. The Labute approximate surface area is 126 Å². The van der Waals surface area contributed by atoms with E-state index in [4.69, 9.17) is 16.3 Å². The fourth-order valence-electron chi connectivity index (χ4n) is 2.81. The van der Waals surface area contributed by atoms with Gasteiger partial charge in [0.05, 0.1) is 23.3 Å². The van der Waals surface area contributed by atoms with Gasteiger partial charge in [-0.1, -0.05) is 24.6 Å². The molecule has 5 heteroatoms. The molecule has 1 aliphatic heterocycles. The summed E-state index contributed by atoms with van der Waals surface area (Å²) >= 11 is 9.04. The van der Waals surface area contributed by atoms with E-state index in [-0.39, 0.29) is 34.6 Å². The van der Waals surface area contributed by atoms with Gasteiger partial charge in [-0.2, -0.15) is 0 Å². The van der Waals surface area contributed by atoms with Crippen LogP contribution in [0.5, 0.6) is 0 Å². The minimum Gasteiger partial charge on any atom is -0.388 e. The van der Waals surface area contributed by atoms with Crippen molar-refractivity contribution in [3.63, 3.8) is 0 Å². The zero-order valence-electron chi connectivity index (χ0n) is 11.0. The van der Waals surface area contributed by atoms with Crippen molar-refractivity contribution in [2.75, 3.05) is 0 Å². The lowest BCUT2D eigenvalue weighted by atomic mass is 9.82. The standard InChI is InChI=1S/C14H17BrClFO2/c1-6-7(2)19-8(3)11(6)14(18)9-4-5-10(15)12(16)13(9)17/h4-8,11,14,18H,1-3H3. The van der Waals surface area contributed by atoms with Crippen LogP contribution in [0.4, 0.5) is 4.39 Å². The van der Waals surface area contributed by atoms with E-state index in [2.05, 4.69) is 15.9 Å². The van der Waals surface area contributed by atoms with Gasteiger partial charge in [0.1, 0.15) is 5.82 Å². The molecule has 1 heterocycles. The summed E-state index contributed by atoms with van der Waals surface area (Å²) in [6.07, 6.45) is -0.967. The van der Waals surface area contributed by atoms with Gasteiger partial charge in [-0.15, -0.1) is 0 Å². The fraction of sp³-hybridized carbons (Fsp3) is 0.571. The molecule has 0 spiro atoms. The van der Waals surface area contributed by atoms with E-state index in [0.29, 0.717) is 4.47 Å². The minimum atomic E-state index is -0.916. The molecule has 0 aromatic heterocycles. The van der Waals surface area contributed by atoms with Crippen molar-refractivity contribution in [1.82, 2.24) is 0 Å². The molecular weight excluding hydrogens is 335 g/mol. The van der Waals surface area contributed by atoms with Crippen LogP contribution in [-0.4, -0.2) is 17.3 Å². The molecule has 1 fully saturated rings. The molecule has 0 bridgehead atoms. The van der Waals surface area contributed by atoms with E-state index in [1.807, 2.05) is 20.8 Å². The van der Waals surface area contributed by atoms with E-state index in [0.717, 1.165) is 0 Å². The lowest BCUT2D eigenvalue weighted by molar-refractivity contribution is 0.0220. The molecule has 1 aliphatic rings. The summed E-state index contributed by atoms with van der Waals surface area (Å²) in [6.45, 7) is 5.89. The van der Waals surface area contributed by atoms with Crippen LogP contribution >= 0.6 is 27.5 Å². The van der Waals surface area contributed by atoms with Gasteiger partial charge in [0.2, 0.25) is 0 Å². The summed E-state index contributed by atoms with van der Waals surface area (Å²) in [5.41, 5.74) is 0.231. The Bertz CT molecular complexity index is 483. The van der Waals surface area contributed by atoms with Crippen molar-refractivity contribution in [3.8, 4) is 0 Å². The maximum atomic E-state index is 14.2. The Kier molecular flexibility index (Phi) is 4.56. The van der Waals surface area contributed by atoms with Crippen LogP contribution in [0.1, 0.15) is 32.4 Å². The number of halogens is 3. The first kappa shape index (κ1) is 15.2. The molecule has 2 rings (SSSR count). The summed E-state index contributed by atoms with van der Waals surface area (Å²) < 4.78 is 20.3. The summed E-state index contributed by atoms with van der Waals surface area (Å²) in [5.74, 6) is -0.545. The molecule has 0 aliphatic carbocycles. The van der Waals surface area contributed by atoms with Gasteiger partial charge in [0.15, 0.2) is 0 Å². The Morgan fingerprint density at radius 2 is 1.95 bits per heavy atom. The van der Waals surface area contributed by atoms with Gasteiger partial charge < -0.3 is 9.84 Å². The van der Waals surface area contributed by atoms with E-state index >= 15 is 0 Å². The van der Waals surface area contributed by atoms with E-state index in [1.54, 1.807) is 12.1 Å². The average molecular weight is 352 g/mol. The predicted molar refractivity (Wildman–Crippen MR) is 76.7 cm³/mol.